The number of ether oxygens (including phenoxy) is 1. The van der Waals surface area contributed by atoms with E-state index in [2.05, 4.69) is 19.2 Å². The summed E-state index contributed by atoms with van der Waals surface area (Å²) in [7, 11) is 0. The topological polar surface area (TPSA) is 21.3 Å². The number of nitrogens with one attached hydrogen (secondary N) is 1. The largest absolute Gasteiger partial charge is 0.494 e. The third-order valence-corrected chi connectivity index (χ3v) is 2.87. The lowest BCUT2D eigenvalue weighted by Crippen LogP contribution is -2.22. The van der Waals surface area contributed by atoms with Crippen molar-refractivity contribution in [2.75, 3.05) is 19.7 Å². The molecule has 0 aromatic heterocycles. The fraction of sp³-hybridized carbons (Fsp3) is 0.571. The van der Waals surface area contributed by atoms with Crippen LogP contribution in [0.1, 0.15) is 25.8 Å². The normalized spacial score (nSPS) is 10.9. The molecule has 0 aliphatic heterocycles. The molecule has 1 rings (SSSR count). The quantitative estimate of drug-likeness (QED) is 0.751. The summed E-state index contributed by atoms with van der Waals surface area (Å²) in [6.07, 6.45) is 1.02. The van der Waals surface area contributed by atoms with E-state index in [0.29, 0.717) is 5.92 Å². The Balaban J connectivity index is 2.16. The van der Waals surface area contributed by atoms with Gasteiger partial charge in [-0.25, -0.2) is 0 Å². The Morgan fingerprint density at radius 3 is 2.76 bits per heavy atom. The molecule has 0 unspecified atom stereocenters. The fourth-order valence-electron chi connectivity index (χ4n) is 1.48. The average molecular weight is 256 g/mol. The third kappa shape index (κ3) is 5.94. The van der Waals surface area contributed by atoms with Crippen molar-refractivity contribution in [1.82, 2.24) is 5.32 Å². The fourth-order valence-corrected chi connectivity index (χ4v) is 1.60. The minimum absolute atomic E-state index is 0.704. The number of rotatable bonds is 7. The molecule has 0 saturated heterocycles. The molecule has 0 aliphatic carbocycles. The maximum Gasteiger partial charge on any atom is 0.119 e. The van der Waals surface area contributed by atoms with E-state index < -0.39 is 0 Å². The van der Waals surface area contributed by atoms with E-state index in [9.17, 15) is 0 Å². The summed E-state index contributed by atoms with van der Waals surface area (Å²) in [6.45, 7) is 9.22. The lowest BCUT2D eigenvalue weighted by Gasteiger charge is -2.09. The molecule has 0 fully saturated rings. The number of benzene rings is 1. The Morgan fingerprint density at radius 2 is 2.12 bits per heavy atom. The molecular formula is C14H22ClNO. The zero-order chi connectivity index (χ0) is 12.7. The first kappa shape index (κ1) is 14.3. The zero-order valence-electron chi connectivity index (χ0n) is 10.9. The van der Waals surface area contributed by atoms with Crippen molar-refractivity contribution < 1.29 is 4.74 Å². The van der Waals surface area contributed by atoms with Gasteiger partial charge in [-0.15, -0.1) is 0 Å². The van der Waals surface area contributed by atoms with Gasteiger partial charge in [-0.2, -0.15) is 0 Å². The molecule has 0 heterocycles. The van der Waals surface area contributed by atoms with Gasteiger partial charge >= 0.3 is 0 Å². The highest BCUT2D eigenvalue weighted by Gasteiger charge is 1.98. The van der Waals surface area contributed by atoms with Crippen LogP contribution >= 0.6 is 11.6 Å². The van der Waals surface area contributed by atoms with Gasteiger partial charge in [-0.1, -0.05) is 25.4 Å². The summed E-state index contributed by atoms with van der Waals surface area (Å²) in [6, 6.07) is 5.77. The van der Waals surface area contributed by atoms with Gasteiger partial charge in [-0.05, 0) is 56.1 Å². The lowest BCUT2D eigenvalue weighted by atomic mass is 10.2. The van der Waals surface area contributed by atoms with Crippen LogP contribution in [0, 0.1) is 12.8 Å². The van der Waals surface area contributed by atoms with Crippen molar-refractivity contribution in [1.29, 1.82) is 0 Å². The minimum atomic E-state index is 0.704. The van der Waals surface area contributed by atoms with Crippen molar-refractivity contribution in [3.63, 3.8) is 0 Å². The van der Waals surface area contributed by atoms with Crippen LogP contribution in [-0.2, 0) is 0 Å². The van der Waals surface area contributed by atoms with Gasteiger partial charge in [0.25, 0.3) is 0 Å². The van der Waals surface area contributed by atoms with E-state index in [-0.39, 0.29) is 0 Å². The molecule has 0 spiro atoms. The summed E-state index contributed by atoms with van der Waals surface area (Å²) in [4.78, 5) is 0. The molecule has 1 aromatic rings. The smallest absolute Gasteiger partial charge is 0.119 e. The van der Waals surface area contributed by atoms with Gasteiger partial charge in [-0.3, -0.25) is 0 Å². The van der Waals surface area contributed by atoms with Crippen LogP contribution in [-0.4, -0.2) is 19.7 Å². The van der Waals surface area contributed by atoms with Crippen LogP contribution in [0.15, 0.2) is 18.2 Å². The Hall–Kier alpha value is -0.730. The number of halogens is 1. The molecule has 96 valence electrons. The first-order valence-electron chi connectivity index (χ1n) is 6.19. The molecule has 3 heteroatoms. The van der Waals surface area contributed by atoms with E-state index >= 15 is 0 Å². The highest BCUT2D eigenvalue weighted by atomic mass is 35.5. The van der Waals surface area contributed by atoms with Crippen LogP contribution < -0.4 is 10.1 Å². The van der Waals surface area contributed by atoms with E-state index in [1.54, 1.807) is 0 Å². The summed E-state index contributed by atoms with van der Waals surface area (Å²) in [5.74, 6) is 1.60. The predicted octanol–water partition coefficient (Wildman–Crippen LogP) is 3.66. The first-order valence-corrected chi connectivity index (χ1v) is 6.57. The van der Waals surface area contributed by atoms with Crippen LogP contribution in [0.25, 0.3) is 0 Å². The SMILES string of the molecule is Cc1cc(OCCCNCC(C)C)ccc1Cl. The minimum Gasteiger partial charge on any atom is -0.494 e. The third-order valence-electron chi connectivity index (χ3n) is 2.45. The van der Waals surface area contributed by atoms with Gasteiger partial charge in [0.2, 0.25) is 0 Å². The Labute approximate surface area is 109 Å². The van der Waals surface area contributed by atoms with Crippen LogP contribution in [0.5, 0.6) is 5.75 Å². The number of aryl methyl sites for hydroxylation is 1. The molecule has 2 nitrogen and oxygen atoms in total. The second-order valence-corrected chi connectivity index (χ2v) is 5.12. The molecule has 0 radical (unpaired) electrons. The Bertz CT molecular complexity index is 339. The molecule has 1 N–H and O–H groups in total. The molecule has 0 saturated carbocycles. The molecule has 17 heavy (non-hydrogen) atoms. The molecular weight excluding hydrogens is 234 g/mol. The van der Waals surface area contributed by atoms with Crippen molar-refractivity contribution in [2.24, 2.45) is 5.92 Å². The molecule has 1 aromatic carbocycles. The van der Waals surface area contributed by atoms with E-state index in [1.807, 2.05) is 25.1 Å². The first-order chi connectivity index (χ1) is 8.09. The monoisotopic (exact) mass is 255 g/mol. The summed E-state index contributed by atoms with van der Waals surface area (Å²) >= 11 is 5.95. The Kier molecular flexibility index (Phi) is 6.38. The summed E-state index contributed by atoms with van der Waals surface area (Å²) in [5.41, 5.74) is 1.06. The predicted molar refractivity (Wildman–Crippen MR) is 74.0 cm³/mol. The van der Waals surface area contributed by atoms with Crippen molar-refractivity contribution >= 4 is 11.6 Å². The second kappa shape index (κ2) is 7.57. The van der Waals surface area contributed by atoms with E-state index in [4.69, 9.17) is 16.3 Å². The van der Waals surface area contributed by atoms with Gasteiger partial charge in [0.1, 0.15) is 5.75 Å². The van der Waals surface area contributed by atoms with Crippen LogP contribution in [0.4, 0.5) is 0 Å². The van der Waals surface area contributed by atoms with Gasteiger partial charge < -0.3 is 10.1 Å². The van der Waals surface area contributed by atoms with E-state index in [1.165, 1.54) is 0 Å². The van der Waals surface area contributed by atoms with Crippen LogP contribution in [0.3, 0.4) is 0 Å². The summed E-state index contributed by atoms with van der Waals surface area (Å²) < 4.78 is 5.65. The number of hydrogen-bond donors (Lipinski definition) is 1. The molecule has 0 amide bonds. The Morgan fingerprint density at radius 1 is 1.35 bits per heavy atom. The molecule has 0 aliphatic rings. The highest BCUT2D eigenvalue weighted by molar-refractivity contribution is 6.31. The highest BCUT2D eigenvalue weighted by Crippen LogP contribution is 2.20. The molecule has 0 bridgehead atoms. The van der Waals surface area contributed by atoms with Crippen molar-refractivity contribution in [3.8, 4) is 5.75 Å². The second-order valence-electron chi connectivity index (χ2n) is 4.71. The van der Waals surface area contributed by atoms with Crippen molar-refractivity contribution in [2.45, 2.75) is 27.2 Å². The van der Waals surface area contributed by atoms with Crippen LogP contribution in [0.2, 0.25) is 5.02 Å². The number of hydrogen-bond acceptors (Lipinski definition) is 2. The maximum absolute atomic E-state index is 5.95. The average Bonchev–Trinajstić information content (AvgIpc) is 2.27. The van der Waals surface area contributed by atoms with Gasteiger partial charge in [0.15, 0.2) is 0 Å². The summed E-state index contributed by atoms with van der Waals surface area (Å²) in [5, 5.41) is 4.18. The maximum atomic E-state index is 5.95. The van der Waals surface area contributed by atoms with Gasteiger partial charge in [0, 0.05) is 5.02 Å². The van der Waals surface area contributed by atoms with Crippen molar-refractivity contribution in [3.05, 3.63) is 28.8 Å². The molecule has 0 atom stereocenters. The van der Waals surface area contributed by atoms with Gasteiger partial charge in [0.05, 0.1) is 6.61 Å². The lowest BCUT2D eigenvalue weighted by molar-refractivity contribution is 0.307. The standard InChI is InChI=1S/C14H22ClNO/c1-11(2)10-16-7-4-8-17-13-5-6-14(15)12(3)9-13/h5-6,9,11,16H,4,7-8,10H2,1-3H3. The zero-order valence-corrected chi connectivity index (χ0v) is 11.7. The van der Waals surface area contributed by atoms with E-state index in [0.717, 1.165) is 42.5 Å².